The number of aromatic nitrogens is 4. The lowest BCUT2D eigenvalue weighted by Crippen LogP contribution is -2.42. The molecule has 2 aromatic rings. The number of halogens is 3. The molecule has 1 unspecified atom stereocenters. The van der Waals surface area contributed by atoms with Crippen LogP contribution in [0.1, 0.15) is 30.5 Å². The number of carbonyl (C=O) groups excluding carboxylic acids is 2. The quantitative estimate of drug-likeness (QED) is 0.700. The molecule has 0 saturated carbocycles. The van der Waals surface area contributed by atoms with E-state index in [0.29, 0.717) is 30.7 Å². The number of benzene rings is 1. The summed E-state index contributed by atoms with van der Waals surface area (Å²) in [5, 5.41) is 14.8. The summed E-state index contributed by atoms with van der Waals surface area (Å²) < 4.78 is 41.6. The number of rotatable bonds is 5. The number of alkyl halides is 3. The first kappa shape index (κ1) is 19.7. The fourth-order valence-electron chi connectivity index (χ4n) is 3.16. The maximum atomic E-state index is 12.5. The van der Waals surface area contributed by atoms with Crippen molar-refractivity contribution >= 4 is 11.9 Å². The third-order valence-electron chi connectivity index (χ3n) is 4.54. The number of esters is 1. The van der Waals surface area contributed by atoms with E-state index in [1.807, 2.05) is 30.3 Å². The summed E-state index contributed by atoms with van der Waals surface area (Å²) in [5.41, 5.74) is 5.32. The molecule has 1 aromatic carbocycles. The highest BCUT2D eigenvalue weighted by Gasteiger charge is 2.45. The summed E-state index contributed by atoms with van der Waals surface area (Å²) in [4.78, 5) is 23.1. The summed E-state index contributed by atoms with van der Waals surface area (Å²) >= 11 is 0. The Hall–Kier alpha value is -3.02. The predicted molar refractivity (Wildman–Crippen MR) is 87.5 cm³/mol. The second-order valence-electron chi connectivity index (χ2n) is 6.29. The van der Waals surface area contributed by atoms with E-state index < -0.39 is 29.7 Å². The van der Waals surface area contributed by atoms with Gasteiger partial charge in [0.2, 0.25) is 0 Å². The second kappa shape index (κ2) is 7.54. The number of nitrogens with one attached hydrogen (secondary N) is 1. The van der Waals surface area contributed by atoms with Crippen LogP contribution in [0.2, 0.25) is 0 Å². The van der Waals surface area contributed by atoms with Crippen LogP contribution < -0.4 is 11.1 Å². The topological polar surface area (TPSA) is 125 Å². The Morgan fingerprint density at radius 2 is 1.86 bits per heavy atom. The van der Waals surface area contributed by atoms with Gasteiger partial charge in [-0.25, -0.2) is 4.79 Å². The standard InChI is InChI=1S/C16H17F3N6O3/c17-16(18,19)14(27)28-12(11(20)26)25-23-13(22-24-25)15(6-8-21-9-7-15)10-4-2-1-3-5-10/h1-5,12,21H,6-9H2,(H2,20,26). The summed E-state index contributed by atoms with van der Waals surface area (Å²) in [6, 6.07) is 9.33. The van der Waals surface area contributed by atoms with Gasteiger partial charge in [0, 0.05) is 0 Å². The number of amides is 1. The van der Waals surface area contributed by atoms with Gasteiger partial charge >= 0.3 is 12.1 Å². The maximum absolute atomic E-state index is 12.5. The van der Waals surface area contributed by atoms with Crippen LogP contribution in [0.15, 0.2) is 30.3 Å². The molecule has 0 radical (unpaired) electrons. The zero-order valence-electron chi connectivity index (χ0n) is 14.5. The molecule has 3 rings (SSSR count). The fraction of sp³-hybridized carbons (Fsp3) is 0.438. The van der Waals surface area contributed by atoms with Crippen molar-refractivity contribution in [3.63, 3.8) is 0 Å². The van der Waals surface area contributed by atoms with E-state index in [2.05, 4.69) is 25.5 Å². The van der Waals surface area contributed by atoms with Gasteiger partial charge in [0.05, 0.1) is 5.41 Å². The first-order valence-corrected chi connectivity index (χ1v) is 8.37. The van der Waals surface area contributed by atoms with Crippen molar-refractivity contribution < 1.29 is 27.5 Å². The van der Waals surface area contributed by atoms with Crippen LogP contribution in [0.3, 0.4) is 0 Å². The zero-order chi connectivity index (χ0) is 20.4. The SMILES string of the molecule is NC(=O)C(OC(=O)C(F)(F)F)n1nnc(C2(c3ccccc3)CCNCC2)n1. The number of primary amides is 1. The summed E-state index contributed by atoms with van der Waals surface area (Å²) in [7, 11) is 0. The number of tetrazole rings is 1. The minimum Gasteiger partial charge on any atom is -0.422 e. The van der Waals surface area contributed by atoms with E-state index in [1.54, 1.807) is 0 Å². The highest BCUT2D eigenvalue weighted by atomic mass is 19.4. The van der Waals surface area contributed by atoms with Gasteiger partial charge in [-0.3, -0.25) is 4.79 Å². The minimum absolute atomic E-state index is 0.203. The number of hydrogen-bond donors (Lipinski definition) is 2. The zero-order valence-corrected chi connectivity index (χ0v) is 14.5. The predicted octanol–water partition coefficient (Wildman–Crippen LogP) is 0.432. The molecule has 12 heteroatoms. The van der Waals surface area contributed by atoms with E-state index in [0.717, 1.165) is 5.56 Å². The Kier molecular flexibility index (Phi) is 5.31. The van der Waals surface area contributed by atoms with Gasteiger partial charge in [-0.1, -0.05) is 30.3 Å². The monoisotopic (exact) mass is 398 g/mol. The molecule has 1 amide bonds. The number of nitrogens with two attached hydrogens (primary N) is 1. The summed E-state index contributed by atoms with van der Waals surface area (Å²) in [5.74, 6) is -3.73. The van der Waals surface area contributed by atoms with Crippen LogP contribution in [-0.2, 0) is 19.7 Å². The van der Waals surface area contributed by atoms with E-state index in [4.69, 9.17) is 5.73 Å². The molecule has 150 valence electrons. The van der Waals surface area contributed by atoms with E-state index in [1.165, 1.54) is 0 Å². The van der Waals surface area contributed by atoms with Crippen LogP contribution in [0, 0.1) is 0 Å². The van der Waals surface area contributed by atoms with E-state index in [9.17, 15) is 22.8 Å². The smallest absolute Gasteiger partial charge is 0.422 e. The van der Waals surface area contributed by atoms with Gasteiger partial charge < -0.3 is 15.8 Å². The van der Waals surface area contributed by atoms with Gasteiger partial charge in [0.15, 0.2) is 5.82 Å². The number of nitrogens with zero attached hydrogens (tertiary/aromatic N) is 4. The number of ether oxygens (including phenoxy) is 1. The first-order chi connectivity index (χ1) is 13.2. The molecule has 1 aliphatic rings. The fourth-order valence-corrected chi connectivity index (χ4v) is 3.16. The van der Waals surface area contributed by atoms with Crippen LogP contribution >= 0.6 is 0 Å². The number of carbonyl (C=O) groups is 2. The largest absolute Gasteiger partial charge is 0.491 e. The lowest BCUT2D eigenvalue weighted by Gasteiger charge is -2.35. The third-order valence-corrected chi connectivity index (χ3v) is 4.54. The molecule has 1 atom stereocenters. The average Bonchev–Trinajstić information content (AvgIpc) is 3.16. The lowest BCUT2D eigenvalue weighted by molar-refractivity contribution is -0.210. The third kappa shape index (κ3) is 3.81. The highest BCUT2D eigenvalue weighted by Crippen LogP contribution is 2.38. The van der Waals surface area contributed by atoms with Crippen molar-refractivity contribution in [1.82, 2.24) is 25.5 Å². The highest BCUT2D eigenvalue weighted by molar-refractivity contribution is 5.82. The van der Waals surface area contributed by atoms with Crippen molar-refractivity contribution in [3.8, 4) is 0 Å². The molecule has 3 N–H and O–H groups in total. The molecule has 1 aliphatic heterocycles. The van der Waals surface area contributed by atoms with Crippen molar-refractivity contribution in [2.24, 2.45) is 5.73 Å². The van der Waals surface area contributed by atoms with E-state index in [-0.39, 0.29) is 5.82 Å². The maximum Gasteiger partial charge on any atom is 0.491 e. The summed E-state index contributed by atoms with van der Waals surface area (Å²) in [6.07, 6.45) is -6.25. The average molecular weight is 398 g/mol. The van der Waals surface area contributed by atoms with Crippen molar-refractivity contribution in [2.45, 2.75) is 30.7 Å². The minimum atomic E-state index is -5.29. The van der Waals surface area contributed by atoms with Crippen molar-refractivity contribution in [2.75, 3.05) is 13.1 Å². The Morgan fingerprint density at radius 3 is 2.43 bits per heavy atom. The molecule has 1 aromatic heterocycles. The van der Waals surface area contributed by atoms with Gasteiger partial charge in [-0.05, 0) is 36.7 Å². The Morgan fingerprint density at radius 1 is 1.21 bits per heavy atom. The van der Waals surface area contributed by atoms with Gasteiger partial charge in [-0.15, -0.1) is 15.0 Å². The van der Waals surface area contributed by atoms with Gasteiger partial charge in [-0.2, -0.15) is 13.2 Å². The Labute approximate surface area is 157 Å². The Bertz CT molecular complexity index is 849. The van der Waals surface area contributed by atoms with Crippen LogP contribution in [0.5, 0.6) is 0 Å². The molecule has 9 nitrogen and oxygen atoms in total. The van der Waals surface area contributed by atoms with Crippen LogP contribution in [0.4, 0.5) is 13.2 Å². The van der Waals surface area contributed by atoms with Crippen LogP contribution in [0.25, 0.3) is 0 Å². The van der Waals surface area contributed by atoms with E-state index >= 15 is 0 Å². The van der Waals surface area contributed by atoms with Crippen molar-refractivity contribution in [3.05, 3.63) is 41.7 Å². The molecule has 1 saturated heterocycles. The Balaban J connectivity index is 1.96. The molecule has 2 heterocycles. The van der Waals surface area contributed by atoms with Crippen LogP contribution in [-0.4, -0.2) is 51.3 Å². The molecular formula is C16H17F3N6O3. The second-order valence-corrected chi connectivity index (χ2v) is 6.29. The van der Waals surface area contributed by atoms with Crippen molar-refractivity contribution in [1.29, 1.82) is 0 Å². The number of piperidine rings is 1. The normalized spacial score (nSPS) is 17.7. The lowest BCUT2D eigenvalue weighted by atomic mass is 9.72. The number of hydrogen-bond acceptors (Lipinski definition) is 7. The molecular weight excluding hydrogens is 381 g/mol. The molecule has 1 fully saturated rings. The molecule has 28 heavy (non-hydrogen) atoms. The molecule has 0 spiro atoms. The summed E-state index contributed by atoms with van der Waals surface area (Å²) in [6.45, 7) is 1.32. The van der Waals surface area contributed by atoms with Gasteiger partial charge in [0.25, 0.3) is 12.1 Å². The first-order valence-electron chi connectivity index (χ1n) is 8.37. The molecule has 0 bridgehead atoms. The van der Waals surface area contributed by atoms with Gasteiger partial charge in [0.1, 0.15) is 0 Å². The molecule has 0 aliphatic carbocycles.